The van der Waals surface area contributed by atoms with Crippen LogP contribution in [0, 0.1) is 0 Å². The van der Waals surface area contributed by atoms with Crippen LogP contribution in [0.15, 0.2) is 60.7 Å². The van der Waals surface area contributed by atoms with E-state index < -0.39 is 0 Å². The highest BCUT2D eigenvalue weighted by atomic mass is 16.5. The van der Waals surface area contributed by atoms with E-state index in [9.17, 15) is 0 Å². The lowest BCUT2D eigenvalue weighted by atomic mass is 10.1. The van der Waals surface area contributed by atoms with E-state index in [1.54, 1.807) is 7.11 Å². The Morgan fingerprint density at radius 1 is 0.880 bits per heavy atom. The Kier molecular flexibility index (Phi) is 5.26. The molecule has 0 aliphatic rings. The van der Waals surface area contributed by atoms with Gasteiger partial charge in [0.25, 0.3) is 0 Å². The van der Waals surface area contributed by atoms with Gasteiger partial charge < -0.3 is 14.4 Å². The third-order valence-corrected chi connectivity index (χ3v) is 3.67. The fourth-order valence-electron chi connectivity index (χ4n) is 2.52. The molecule has 0 saturated carbocycles. The number of methoxy groups -OCH3 is 1. The van der Waals surface area contributed by atoms with E-state index >= 15 is 0 Å². The van der Waals surface area contributed by atoms with Gasteiger partial charge >= 0.3 is 0 Å². The molecule has 0 bridgehead atoms. The minimum atomic E-state index is 0.457. The number of aromatic nitrogens is 2. The van der Waals surface area contributed by atoms with Gasteiger partial charge in [0.1, 0.15) is 11.5 Å². The highest BCUT2D eigenvalue weighted by molar-refractivity contribution is 5.66. The van der Waals surface area contributed by atoms with Crippen LogP contribution in [0.5, 0.6) is 17.4 Å². The molecule has 5 nitrogen and oxygen atoms in total. The fraction of sp³-hybridized carbons (Fsp3) is 0.200. The molecular weight excluding hydrogens is 314 g/mol. The van der Waals surface area contributed by atoms with E-state index in [-0.39, 0.29) is 0 Å². The minimum absolute atomic E-state index is 0.457. The molecule has 1 heterocycles. The highest BCUT2D eigenvalue weighted by Crippen LogP contribution is 2.28. The van der Waals surface area contributed by atoms with Crippen LogP contribution in [0.3, 0.4) is 0 Å². The lowest BCUT2D eigenvalue weighted by Crippen LogP contribution is -2.10. The number of hydrogen-bond acceptors (Lipinski definition) is 5. The molecule has 0 amide bonds. The number of nitrogens with zero attached hydrogens (tertiary/aromatic N) is 3. The van der Waals surface area contributed by atoms with E-state index in [0.717, 1.165) is 29.3 Å². The summed E-state index contributed by atoms with van der Waals surface area (Å²) in [6, 6.07) is 19.4. The molecule has 5 heteroatoms. The van der Waals surface area contributed by atoms with E-state index in [1.165, 1.54) is 5.56 Å². The van der Waals surface area contributed by atoms with Crippen molar-refractivity contribution < 1.29 is 9.47 Å². The Morgan fingerprint density at radius 2 is 1.64 bits per heavy atom. The van der Waals surface area contributed by atoms with Crippen LogP contribution < -0.4 is 9.47 Å². The van der Waals surface area contributed by atoms with E-state index in [2.05, 4.69) is 15.1 Å². The predicted molar refractivity (Wildman–Crippen MR) is 97.9 cm³/mol. The monoisotopic (exact) mass is 335 g/mol. The second-order valence-corrected chi connectivity index (χ2v) is 5.94. The second-order valence-electron chi connectivity index (χ2n) is 5.94. The Balaban J connectivity index is 1.72. The van der Waals surface area contributed by atoms with E-state index in [4.69, 9.17) is 9.47 Å². The normalized spacial score (nSPS) is 10.7. The van der Waals surface area contributed by atoms with Crippen molar-refractivity contribution in [2.45, 2.75) is 6.54 Å². The maximum atomic E-state index is 5.77. The highest BCUT2D eigenvalue weighted by Gasteiger charge is 2.08. The summed E-state index contributed by atoms with van der Waals surface area (Å²) in [4.78, 5) is 2.12. The molecule has 0 aliphatic carbocycles. The van der Waals surface area contributed by atoms with Crippen molar-refractivity contribution in [2.24, 2.45) is 0 Å². The van der Waals surface area contributed by atoms with E-state index in [0.29, 0.717) is 5.88 Å². The largest absolute Gasteiger partial charge is 0.496 e. The van der Waals surface area contributed by atoms with Gasteiger partial charge in [-0.25, -0.2) is 0 Å². The SMILES string of the molecule is COc1ccccc1-c1ccc(Oc2ccc(CN(C)C)cc2)nn1. The Morgan fingerprint density at radius 3 is 2.28 bits per heavy atom. The summed E-state index contributed by atoms with van der Waals surface area (Å²) in [5, 5.41) is 8.41. The summed E-state index contributed by atoms with van der Waals surface area (Å²) in [5.41, 5.74) is 2.87. The van der Waals surface area contributed by atoms with Crippen LogP contribution in [0.25, 0.3) is 11.3 Å². The van der Waals surface area contributed by atoms with Crippen molar-refractivity contribution in [2.75, 3.05) is 21.2 Å². The summed E-state index contributed by atoms with van der Waals surface area (Å²) in [7, 11) is 5.73. The van der Waals surface area contributed by atoms with Crippen molar-refractivity contribution >= 4 is 0 Å². The first-order valence-electron chi connectivity index (χ1n) is 8.04. The van der Waals surface area contributed by atoms with Crippen LogP contribution in [0.1, 0.15) is 5.56 Å². The summed E-state index contributed by atoms with van der Waals surface area (Å²) in [5.74, 6) is 1.96. The molecule has 2 aromatic carbocycles. The molecule has 3 aromatic rings. The molecule has 0 atom stereocenters. The Hall–Kier alpha value is -2.92. The van der Waals surface area contributed by atoms with E-state index in [1.807, 2.05) is 74.8 Å². The molecule has 0 unspecified atom stereocenters. The average molecular weight is 335 g/mol. The van der Waals surface area contributed by atoms with Crippen LogP contribution in [-0.4, -0.2) is 36.3 Å². The molecule has 0 spiro atoms. The topological polar surface area (TPSA) is 47.5 Å². The van der Waals surface area contributed by atoms with Gasteiger partial charge in [-0.15, -0.1) is 10.2 Å². The maximum Gasteiger partial charge on any atom is 0.238 e. The first-order valence-corrected chi connectivity index (χ1v) is 8.04. The quantitative estimate of drug-likeness (QED) is 0.681. The molecule has 0 saturated heterocycles. The molecular formula is C20H21N3O2. The van der Waals surface area contributed by atoms with Crippen molar-refractivity contribution in [1.82, 2.24) is 15.1 Å². The van der Waals surface area contributed by atoms with Crippen molar-refractivity contribution in [1.29, 1.82) is 0 Å². The summed E-state index contributed by atoms with van der Waals surface area (Å²) >= 11 is 0. The van der Waals surface area contributed by atoms with Gasteiger partial charge in [-0.3, -0.25) is 0 Å². The molecule has 3 rings (SSSR count). The molecule has 128 valence electrons. The standard InChI is InChI=1S/C20H21N3O2/c1-23(2)14-15-8-10-16(11-9-15)25-20-13-12-18(21-22-20)17-6-4-5-7-19(17)24-3/h4-13H,14H2,1-3H3. The van der Waals surface area contributed by atoms with Crippen LogP contribution in [0.2, 0.25) is 0 Å². The summed E-state index contributed by atoms with van der Waals surface area (Å²) in [6.07, 6.45) is 0. The first-order chi connectivity index (χ1) is 12.2. The number of rotatable bonds is 6. The molecule has 0 N–H and O–H groups in total. The molecule has 25 heavy (non-hydrogen) atoms. The minimum Gasteiger partial charge on any atom is -0.496 e. The van der Waals surface area contributed by atoms with Gasteiger partial charge in [-0.05, 0) is 50.0 Å². The predicted octanol–water partition coefficient (Wildman–Crippen LogP) is 4.01. The molecule has 1 aromatic heterocycles. The first kappa shape index (κ1) is 16.9. The Bertz CT molecular complexity index is 815. The van der Waals surface area contributed by atoms with Gasteiger partial charge in [0.05, 0.1) is 12.8 Å². The molecule has 0 fully saturated rings. The lowest BCUT2D eigenvalue weighted by Gasteiger charge is -2.10. The fourth-order valence-corrected chi connectivity index (χ4v) is 2.52. The van der Waals surface area contributed by atoms with Gasteiger partial charge in [0.2, 0.25) is 5.88 Å². The third kappa shape index (κ3) is 4.33. The number of ether oxygens (including phenoxy) is 2. The zero-order valence-electron chi connectivity index (χ0n) is 14.6. The molecule has 0 aliphatic heterocycles. The second kappa shape index (κ2) is 7.77. The zero-order valence-corrected chi connectivity index (χ0v) is 14.6. The van der Waals surface area contributed by atoms with Gasteiger partial charge in [-0.1, -0.05) is 24.3 Å². The zero-order chi connectivity index (χ0) is 17.6. The van der Waals surface area contributed by atoms with Crippen molar-refractivity contribution in [3.63, 3.8) is 0 Å². The van der Waals surface area contributed by atoms with Crippen LogP contribution in [-0.2, 0) is 6.54 Å². The summed E-state index contributed by atoms with van der Waals surface area (Å²) < 4.78 is 11.1. The maximum absolute atomic E-state index is 5.77. The van der Waals surface area contributed by atoms with Gasteiger partial charge in [-0.2, -0.15) is 0 Å². The molecule has 0 radical (unpaired) electrons. The number of benzene rings is 2. The summed E-state index contributed by atoms with van der Waals surface area (Å²) in [6.45, 7) is 0.897. The Labute approximate surface area is 147 Å². The van der Waals surface area contributed by atoms with Crippen molar-refractivity contribution in [3.8, 4) is 28.6 Å². The van der Waals surface area contributed by atoms with Gasteiger partial charge in [0, 0.05) is 18.2 Å². The van der Waals surface area contributed by atoms with Crippen LogP contribution >= 0.6 is 0 Å². The van der Waals surface area contributed by atoms with Gasteiger partial charge in [0.15, 0.2) is 0 Å². The number of hydrogen-bond donors (Lipinski definition) is 0. The third-order valence-electron chi connectivity index (χ3n) is 3.67. The smallest absolute Gasteiger partial charge is 0.238 e. The average Bonchev–Trinajstić information content (AvgIpc) is 2.63. The number of para-hydroxylation sites is 1. The van der Waals surface area contributed by atoms with Crippen LogP contribution in [0.4, 0.5) is 0 Å². The lowest BCUT2D eigenvalue weighted by molar-refractivity contribution is 0.402. The van der Waals surface area contributed by atoms with Crippen molar-refractivity contribution in [3.05, 3.63) is 66.2 Å².